The van der Waals surface area contributed by atoms with Crippen molar-refractivity contribution < 1.29 is 4.42 Å². The van der Waals surface area contributed by atoms with Crippen LogP contribution in [0.4, 0.5) is 0 Å². The molecular formula is C50H30N4OS. The van der Waals surface area contributed by atoms with E-state index in [0.29, 0.717) is 17.5 Å². The van der Waals surface area contributed by atoms with E-state index in [-0.39, 0.29) is 0 Å². The molecule has 0 radical (unpaired) electrons. The Labute approximate surface area is 326 Å². The lowest BCUT2D eigenvalue weighted by atomic mass is 9.93. The highest BCUT2D eigenvalue weighted by Crippen LogP contribution is 2.44. The Morgan fingerprint density at radius 1 is 0.393 bits per heavy atom. The molecule has 6 heteroatoms. The average Bonchev–Trinajstić information content (AvgIpc) is 3.85. The van der Waals surface area contributed by atoms with Crippen molar-refractivity contribution in [3.8, 4) is 67.5 Å². The van der Waals surface area contributed by atoms with Gasteiger partial charge in [-0.2, -0.15) is 0 Å². The second-order valence-corrected chi connectivity index (χ2v) is 14.9. The van der Waals surface area contributed by atoms with Crippen LogP contribution in [0, 0.1) is 0 Å². The van der Waals surface area contributed by atoms with Crippen molar-refractivity contribution in [1.82, 2.24) is 19.9 Å². The van der Waals surface area contributed by atoms with Gasteiger partial charge in [0.25, 0.3) is 0 Å². The standard InChI is InChI=1S/C50H30N4OS/c1-2-11-32(12-3-1)48-52-49(54-50(53-48)40-16-5-4-14-36(40)35-13-10-28-51-30-35)33-22-20-31(21-23-33)38-26-25-37(46-41-17-6-8-18-43(41)55-47(38)46)34-24-27-45-42(29-34)39-15-7-9-19-44(39)56-45/h1-30H. The van der Waals surface area contributed by atoms with Crippen LogP contribution < -0.4 is 0 Å². The number of para-hydroxylation sites is 1. The molecular weight excluding hydrogens is 705 g/mol. The number of fused-ring (bicyclic) bond motifs is 6. The number of nitrogens with zero attached hydrogens (tertiary/aromatic N) is 4. The Kier molecular flexibility index (Phi) is 7.60. The van der Waals surface area contributed by atoms with Crippen LogP contribution in [0.25, 0.3) is 110 Å². The van der Waals surface area contributed by atoms with Gasteiger partial charge >= 0.3 is 0 Å². The Balaban J connectivity index is 1.03. The molecule has 56 heavy (non-hydrogen) atoms. The molecule has 0 saturated heterocycles. The van der Waals surface area contributed by atoms with E-state index in [1.54, 1.807) is 6.20 Å². The molecule has 0 fully saturated rings. The molecule has 11 aromatic rings. The van der Waals surface area contributed by atoms with Gasteiger partial charge in [0.05, 0.1) is 0 Å². The van der Waals surface area contributed by atoms with Gasteiger partial charge in [0.2, 0.25) is 0 Å². The van der Waals surface area contributed by atoms with Crippen molar-refractivity contribution in [3.05, 3.63) is 182 Å². The van der Waals surface area contributed by atoms with Crippen LogP contribution in [0.1, 0.15) is 0 Å². The molecule has 4 aromatic heterocycles. The van der Waals surface area contributed by atoms with E-state index in [1.165, 1.54) is 25.7 Å². The number of thiophene rings is 1. The summed E-state index contributed by atoms with van der Waals surface area (Å²) in [6, 6.07) is 58.9. The lowest BCUT2D eigenvalue weighted by Crippen LogP contribution is -2.01. The van der Waals surface area contributed by atoms with Crippen LogP contribution in [0.5, 0.6) is 0 Å². The van der Waals surface area contributed by atoms with E-state index in [1.807, 2.05) is 72.1 Å². The average molecular weight is 735 g/mol. The fourth-order valence-corrected chi connectivity index (χ4v) is 8.87. The topological polar surface area (TPSA) is 64.7 Å². The molecule has 0 spiro atoms. The molecule has 0 bridgehead atoms. The number of rotatable bonds is 6. The number of hydrogen-bond acceptors (Lipinski definition) is 6. The lowest BCUT2D eigenvalue weighted by Gasteiger charge is -2.12. The van der Waals surface area contributed by atoms with Crippen LogP contribution in [0.15, 0.2) is 187 Å². The first kappa shape index (κ1) is 32.2. The number of benzene rings is 7. The van der Waals surface area contributed by atoms with Crippen molar-refractivity contribution in [2.75, 3.05) is 0 Å². The van der Waals surface area contributed by atoms with E-state index in [9.17, 15) is 0 Å². The monoisotopic (exact) mass is 734 g/mol. The SMILES string of the molecule is c1ccc(-c2nc(-c3ccc(-c4ccc(-c5ccc6sc7ccccc7c6c5)c5c4oc4ccccc45)cc3)nc(-c3ccccc3-c3cccnc3)n2)cc1. The van der Waals surface area contributed by atoms with Crippen molar-refractivity contribution in [2.45, 2.75) is 0 Å². The second kappa shape index (κ2) is 13.2. The summed E-state index contributed by atoms with van der Waals surface area (Å²) < 4.78 is 9.29. The smallest absolute Gasteiger partial charge is 0.164 e. The van der Waals surface area contributed by atoms with Crippen LogP contribution in [0.2, 0.25) is 0 Å². The van der Waals surface area contributed by atoms with Crippen molar-refractivity contribution in [1.29, 1.82) is 0 Å². The summed E-state index contributed by atoms with van der Waals surface area (Å²) in [5.74, 6) is 1.82. The fraction of sp³-hybridized carbons (Fsp3) is 0. The van der Waals surface area contributed by atoms with Crippen molar-refractivity contribution in [3.63, 3.8) is 0 Å². The molecule has 0 aliphatic heterocycles. The molecule has 0 amide bonds. The molecule has 262 valence electrons. The zero-order chi connectivity index (χ0) is 37.0. The summed E-state index contributed by atoms with van der Waals surface area (Å²) in [6.45, 7) is 0. The molecule has 4 heterocycles. The molecule has 0 N–H and O–H groups in total. The quantitative estimate of drug-likeness (QED) is 0.170. The normalized spacial score (nSPS) is 11.6. The minimum atomic E-state index is 0.599. The first-order chi connectivity index (χ1) is 27.7. The Hall–Kier alpha value is -7.28. The first-order valence-corrected chi connectivity index (χ1v) is 19.3. The van der Waals surface area contributed by atoms with E-state index in [4.69, 9.17) is 19.4 Å². The molecule has 5 nitrogen and oxygen atoms in total. The minimum Gasteiger partial charge on any atom is -0.455 e. The minimum absolute atomic E-state index is 0.599. The van der Waals surface area contributed by atoms with Crippen LogP contribution in [-0.4, -0.2) is 19.9 Å². The number of pyridine rings is 1. The number of aromatic nitrogens is 4. The van der Waals surface area contributed by atoms with E-state index in [2.05, 4.69) is 120 Å². The zero-order valence-corrected chi connectivity index (χ0v) is 30.7. The molecule has 0 atom stereocenters. The maximum atomic E-state index is 6.70. The predicted octanol–water partition coefficient (Wildman–Crippen LogP) is 13.5. The second-order valence-electron chi connectivity index (χ2n) is 13.8. The summed E-state index contributed by atoms with van der Waals surface area (Å²) in [7, 11) is 0. The third-order valence-corrected chi connectivity index (χ3v) is 11.6. The van der Waals surface area contributed by atoms with Gasteiger partial charge in [0, 0.05) is 71.2 Å². The third kappa shape index (κ3) is 5.46. The summed E-state index contributed by atoms with van der Waals surface area (Å²) in [5.41, 5.74) is 10.9. The Morgan fingerprint density at radius 3 is 1.84 bits per heavy atom. The fourth-order valence-electron chi connectivity index (χ4n) is 7.78. The van der Waals surface area contributed by atoms with E-state index in [0.717, 1.165) is 66.4 Å². The summed E-state index contributed by atoms with van der Waals surface area (Å²) >= 11 is 1.84. The van der Waals surface area contributed by atoms with Crippen LogP contribution in [-0.2, 0) is 0 Å². The van der Waals surface area contributed by atoms with E-state index >= 15 is 0 Å². The number of furan rings is 1. The highest BCUT2D eigenvalue weighted by atomic mass is 32.1. The summed E-state index contributed by atoms with van der Waals surface area (Å²) in [4.78, 5) is 19.5. The van der Waals surface area contributed by atoms with E-state index < -0.39 is 0 Å². The van der Waals surface area contributed by atoms with Crippen LogP contribution in [0.3, 0.4) is 0 Å². The van der Waals surface area contributed by atoms with Gasteiger partial charge in [-0.25, -0.2) is 15.0 Å². The van der Waals surface area contributed by atoms with Crippen molar-refractivity contribution in [2.24, 2.45) is 0 Å². The third-order valence-electron chi connectivity index (χ3n) is 10.5. The Morgan fingerprint density at radius 2 is 1.02 bits per heavy atom. The largest absolute Gasteiger partial charge is 0.455 e. The van der Waals surface area contributed by atoms with Gasteiger partial charge in [-0.05, 0) is 58.7 Å². The van der Waals surface area contributed by atoms with Gasteiger partial charge < -0.3 is 4.42 Å². The van der Waals surface area contributed by atoms with Crippen LogP contribution >= 0.6 is 11.3 Å². The molecule has 0 aliphatic rings. The first-order valence-electron chi connectivity index (χ1n) is 18.5. The van der Waals surface area contributed by atoms with Gasteiger partial charge in [0.1, 0.15) is 11.2 Å². The molecule has 0 aliphatic carbocycles. The van der Waals surface area contributed by atoms with Gasteiger partial charge in [-0.1, -0.05) is 133 Å². The summed E-state index contributed by atoms with van der Waals surface area (Å²) in [6.07, 6.45) is 3.65. The van der Waals surface area contributed by atoms with Crippen molar-refractivity contribution >= 4 is 53.4 Å². The summed E-state index contributed by atoms with van der Waals surface area (Å²) in [5, 5.41) is 4.78. The highest BCUT2D eigenvalue weighted by Gasteiger charge is 2.19. The lowest BCUT2D eigenvalue weighted by molar-refractivity contribution is 0.670. The zero-order valence-electron chi connectivity index (χ0n) is 29.9. The predicted molar refractivity (Wildman–Crippen MR) is 230 cm³/mol. The highest BCUT2D eigenvalue weighted by molar-refractivity contribution is 7.25. The maximum Gasteiger partial charge on any atom is 0.164 e. The molecule has 7 aromatic carbocycles. The number of hydrogen-bond donors (Lipinski definition) is 0. The molecule has 0 saturated carbocycles. The molecule has 11 rings (SSSR count). The maximum absolute atomic E-state index is 6.70. The van der Waals surface area contributed by atoms with Gasteiger partial charge in [-0.3, -0.25) is 4.98 Å². The molecule has 0 unspecified atom stereocenters. The Bertz CT molecular complexity index is 3240. The van der Waals surface area contributed by atoms with Gasteiger partial charge in [-0.15, -0.1) is 11.3 Å². The van der Waals surface area contributed by atoms with Gasteiger partial charge in [0.15, 0.2) is 17.5 Å².